The Morgan fingerprint density at radius 1 is 1.33 bits per heavy atom. The lowest BCUT2D eigenvalue weighted by Gasteiger charge is -2.10. The third-order valence-corrected chi connectivity index (χ3v) is 3.70. The van der Waals surface area contributed by atoms with E-state index in [-0.39, 0.29) is 10.8 Å². The highest BCUT2D eigenvalue weighted by Crippen LogP contribution is 2.21. The molecule has 1 aromatic carbocycles. The SMILES string of the molecule is Cc1nn(C)c(C(=O)NC(=S)Nc2ccccc2Cl)c1Cl. The van der Waals surface area contributed by atoms with E-state index in [1.165, 1.54) is 4.68 Å². The number of aromatic nitrogens is 2. The first-order valence-corrected chi connectivity index (χ1v) is 7.12. The van der Waals surface area contributed by atoms with Gasteiger partial charge in [0.1, 0.15) is 5.69 Å². The molecule has 0 fully saturated rings. The van der Waals surface area contributed by atoms with Gasteiger partial charge in [-0.2, -0.15) is 5.10 Å². The van der Waals surface area contributed by atoms with Gasteiger partial charge in [0.15, 0.2) is 5.11 Å². The van der Waals surface area contributed by atoms with Crippen molar-refractivity contribution in [3.05, 3.63) is 45.7 Å². The number of rotatable bonds is 2. The van der Waals surface area contributed by atoms with Crippen LogP contribution in [-0.4, -0.2) is 20.8 Å². The van der Waals surface area contributed by atoms with Gasteiger partial charge in [0.2, 0.25) is 0 Å². The fraction of sp³-hybridized carbons (Fsp3) is 0.154. The summed E-state index contributed by atoms with van der Waals surface area (Å²) in [6.07, 6.45) is 0. The van der Waals surface area contributed by atoms with Gasteiger partial charge in [-0.1, -0.05) is 35.3 Å². The molecule has 0 aliphatic rings. The molecule has 21 heavy (non-hydrogen) atoms. The maximum absolute atomic E-state index is 12.2. The summed E-state index contributed by atoms with van der Waals surface area (Å²) >= 11 is 17.1. The van der Waals surface area contributed by atoms with Crippen molar-refractivity contribution < 1.29 is 4.79 Å². The van der Waals surface area contributed by atoms with Gasteiger partial charge in [-0.3, -0.25) is 14.8 Å². The quantitative estimate of drug-likeness (QED) is 0.823. The Labute approximate surface area is 137 Å². The van der Waals surface area contributed by atoms with Crippen LogP contribution in [0.15, 0.2) is 24.3 Å². The van der Waals surface area contributed by atoms with Crippen LogP contribution in [0.2, 0.25) is 10.0 Å². The highest BCUT2D eigenvalue weighted by Gasteiger charge is 2.19. The zero-order valence-electron chi connectivity index (χ0n) is 11.3. The number of anilines is 1. The molecule has 8 heteroatoms. The largest absolute Gasteiger partial charge is 0.331 e. The molecule has 2 N–H and O–H groups in total. The predicted molar refractivity (Wildman–Crippen MR) is 88.1 cm³/mol. The molecule has 1 heterocycles. The maximum atomic E-state index is 12.2. The van der Waals surface area contributed by atoms with Crippen LogP contribution >= 0.6 is 35.4 Å². The first kappa shape index (κ1) is 15.8. The monoisotopic (exact) mass is 342 g/mol. The van der Waals surface area contributed by atoms with Crippen LogP contribution in [0.4, 0.5) is 5.69 Å². The number of para-hydroxylation sites is 1. The summed E-state index contributed by atoms with van der Waals surface area (Å²) < 4.78 is 1.41. The molecule has 0 radical (unpaired) electrons. The molecule has 2 aromatic rings. The van der Waals surface area contributed by atoms with Crippen molar-refractivity contribution in [1.82, 2.24) is 15.1 Å². The van der Waals surface area contributed by atoms with E-state index in [0.717, 1.165) is 0 Å². The van der Waals surface area contributed by atoms with Crippen LogP contribution < -0.4 is 10.6 Å². The van der Waals surface area contributed by atoms with Crippen molar-refractivity contribution in [3.8, 4) is 0 Å². The maximum Gasteiger partial charge on any atom is 0.277 e. The number of hydrogen-bond donors (Lipinski definition) is 2. The van der Waals surface area contributed by atoms with Crippen molar-refractivity contribution in [3.63, 3.8) is 0 Å². The number of benzene rings is 1. The highest BCUT2D eigenvalue weighted by atomic mass is 35.5. The summed E-state index contributed by atoms with van der Waals surface area (Å²) in [6.45, 7) is 1.72. The number of carbonyl (C=O) groups excluding carboxylic acids is 1. The molecule has 0 unspecified atom stereocenters. The van der Waals surface area contributed by atoms with Gasteiger partial charge in [0, 0.05) is 7.05 Å². The minimum atomic E-state index is -0.437. The third kappa shape index (κ3) is 3.53. The highest BCUT2D eigenvalue weighted by molar-refractivity contribution is 7.80. The lowest BCUT2D eigenvalue weighted by Crippen LogP contribution is -2.35. The number of thiocarbonyl (C=S) groups is 1. The van der Waals surface area contributed by atoms with Gasteiger partial charge < -0.3 is 5.32 Å². The second-order valence-electron chi connectivity index (χ2n) is 4.26. The number of amides is 1. The minimum Gasteiger partial charge on any atom is -0.331 e. The number of carbonyl (C=O) groups is 1. The molecule has 0 saturated carbocycles. The summed E-state index contributed by atoms with van der Waals surface area (Å²) in [5, 5.41) is 10.4. The molecule has 1 aromatic heterocycles. The van der Waals surface area contributed by atoms with Crippen LogP contribution in [0.3, 0.4) is 0 Å². The minimum absolute atomic E-state index is 0.128. The predicted octanol–water partition coefficient (Wildman–Crippen LogP) is 3.16. The van der Waals surface area contributed by atoms with E-state index in [1.54, 1.807) is 38.2 Å². The molecule has 0 aliphatic carbocycles. The standard InChI is InChI=1S/C13H12Cl2N4OS/c1-7-10(15)11(19(2)18-7)12(20)17-13(21)16-9-6-4-3-5-8(9)14/h3-6H,1-2H3,(H2,16,17,20,21). The van der Waals surface area contributed by atoms with E-state index < -0.39 is 5.91 Å². The number of nitrogens with one attached hydrogen (secondary N) is 2. The van der Waals surface area contributed by atoms with Gasteiger partial charge >= 0.3 is 0 Å². The average molecular weight is 343 g/mol. The number of aryl methyl sites for hydroxylation is 2. The number of hydrogen-bond acceptors (Lipinski definition) is 3. The van der Waals surface area contributed by atoms with Gasteiger partial charge in [-0.05, 0) is 31.3 Å². The van der Waals surface area contributed by atoms with Gasteiger partial charge in [-0.25, -0.2) is 0 Å². The Kier molecular flexibility index (Phi) is 4.82. The van der Waals surface area contributed by atoms with Gasteiger partial charge in [0.25, 0.3) is 5.91 Å². The topological polar surface area (TPSA) is 59.0 Å². The van der Waals surface area contributed by atoms with Crippen molar-refractivity contribution in [2.24, 2.45) is 7.05 Å². The molecule has 0 spiro atoms. The van der Waals surface area contributed by atoms with Gasteiger partial charge in [0.05, 0.1) is 21.4 Å². The lowest BCUT2D eigenvalue weighted by atomic mass is 10.3. The zero-order valence-corrected chi connectivity index (χ0v) is 13.6. The van der Waals surface area contributed by atoms with Crippen LogP contribution in [-0.2, 0) is 7.05 Å². The Bertz CT molecular complexity index is 714. The van der Waals surface area contributed by atoms with Crippen molar-refractivity contribution in [1.29, 1.82) is 0 Å². The summed E-state index contributed by atoms with van der Waals surface area (Å²) in [6, 6.07) is 7.07. The van der Waals surface area contributed by atoms with E-state index in [4.69, 9.17) is 35.4 Å². The van der Waals surface area contributed by atoms with Crippen LogP contribution in [0.25, 0.3) is 0 Å². The summed E-state index contributed by atoms with van der Waals surface area (Å²) in [4.78, 5) is 12.2. The van der Waals surface area contributed by atoms with E-state index in [0.29, 0.717) is 21.4 Å². The fourth-order valence-corrected chi connectivity index (χ4v) is 2.39. The molecular formula is C13H12Cl2N4OS. The second-order valence-corrected chi connectivity index (χ2v) is 5.45. The molecule has 0 saturated heterocycles. The first-order valence-electron chi connectivity index (χ1n) is 5.96. The second kappa shape index (κ2) is 6.43. The van der Waals surface area contributed by atoms with E-state index in [1.807, 2.05) is 0 Å². The fourth-order valence-electron chi connectivity index (χ4n) is 1.76. The first-order chi connectivity index (χ1) is 9.90. The normalized spacial score (nSPS) is 10.3. The summed E-state index contributed by atoms with van der Waals surface area (Å²) in [5.74, 6) is -0.437. The zero-order chi connectivity index (χ0) is 15.6. The van der Waals surface area contributed by atoms with E-state index >= 15 is 0 Å². The molecule has 0 aliphatic heterocycles. The molecule has 110 valence electrons. The van der Waals surface area contributed by atoms with Crippen molar-refractivity contribution in [2.75, 3.05) is 5.32 Å². The molecule has 5 nitrogen and oxygen atoms in total. The number of nitrogens with zero attached hydrogens (tertiary/aromatic N) is 2. The Morgan fingerprint density at radius 3 is 2.57 bits per heavy atom. The third-order valence-electron chi connectivity index (χ3n) is 2.71. The molecule has 0 bridgehead atoms. The molecule has 1 amide bonds. The van der Waals surface area contributed by atoms with Crippen LogP contribution in [0.5, 0.6) is 0 Å². The van der Waals surface area contributed by atoms with Crippen LogP contribution in [0.1, 0.15) is 16.2 Å². The van der Waals surface area contributed by atoms with Crippen LogP contribution in [0, 0.1) is 6.92 Å². The van der Waals surface area contributed by atoms with Crippen molar-refractivity contribution >= 4 is 52.1 Å². The smallest absolute Gasteiger partial charge is 0.277 e. The molecular weight excluding hydrogens is 331 g/mol. The summed E-state index contributed by atoms with van der Waals surface area (Å²) in [7, 11) is 1.64. The Morgan fingerprint density at radius 2 is 2.00 bits per heavy atom. The van der Waals surface area contributed by atoms with Gasteiger partial charge in [-0.15, -0.1) is 0 Å². The average Bonchev–Trinajstić information content (AvgIpc) is 2.66. The Hall–Kier alpha value is -1.63. The lowest BCUT2D eigenvalue weighted by molar-refractivity contribution is 0.0968. The molecule has 2 rings (SSSR count). The molecule has 0 atom stereocenters. The van der Waals surface area contributed by atoms with Crippen molar-refractivity contribution in [2.45, 2.75) is 6.92 Å². The van der Waals surface area contributed by atoms with E-state index in [2.05, 4.69) is 15.7 Å². The van der Waals surface area contributed by atoms with E-state index in [9.17, 15) is 4.79 Å². The number of halogens is 2. The Balaban J connectivity index is 2.10. The summed E-state index contributed by atoms with van der Waals surface area (Å²) in [5.41, 5.74) is 1.43.